The Bertz CT molecular complexity index is 829. The summed E-state index contributed by atoms with van der Waals surface area (Å²) >= 11 is 0. The maximum Gasteiger partial charge on any atom is 0.218 e. The Morgan fingerprint density at radius 2 is 1.62 bits per heavy atom. The van der Waals surface area contributed by atoms with Gasteiger partial charge in [-0.05, 0) is 30.5 Å². The molecule has 1 heterocycles. The van der Waals surface area contributed by atoms with Crippen LogP contribution in [0.2, 0.25) is 0 Å². The van der Waals surface area contributed by atoms with Crippen LogP contribution in [0.5, 0.6) is 0 Å². The molecule has 0 bridgehead atoms. The van der Waals surface area contributed by atoms with Gasteiger partial charge < -0.3 is 4.90 Å². The van der Waals surface area contributed by atoms with Gasteiger partial charge in [0.25, 0.3) is 0 Å². The van der Waals surface area contributed by atoms with Crippen LogP contribution >= 0.6 is 0 Å². The molecule has 0 amide bonds. The van der Waals surface area contributed by atoms with Crippen molar-refractivity contribution < 1.29 is 12.8 Å². The van der Waals surface area contributed by atoms with Gasteiger partial charge in [0.2, 0.25) is 10.0 Å². The second kappa shape index (κ2) is 8.29. The Hall–Kier alpha value is -1.76. The van der Waals surface area contributed by atoms with Crippen molar-refractivity contribution in [1.82, 2.24) is 9.21 Å². The Morgan fingerprint density at radius 3 is 2.27 bits per heavy atom. The lowest BCUT2D eigenvalue weighted by Gasteiger charge is -2.34. The van der Waals surface area contributed by atoms with Crippen LogP contribution in [0.3, 0.4) is 0 Å². The minimum atomic E-state index is -3.30. The fraction of sp³-hybridized carbons (Fsp3) is 0.400. The van der Waals surface area contributed by atoms with Crippen molar-refractivity contribution in [3.63, 3.8) is 0 Å². The number of hydrogen-bond donors (Lipinski definition) is 0. The number of aryl methyl sites for hydroxylation is 1. The lowest BCUT2D eigenvalue weighted by Crippen LogP contribution is -2.49. The molecule has 0 unspecified atom stereocenters. The van der Waals surface area contributed by atoms with E-state index in [4.69, 9.17) is 0 Å². The highest BCUT2D eigenvalue weighted by Crippen LogP contribution is 2.15. The van der Waals surface area contributed by atoms with Gasteiger partial charge in [0.1, 0.15) is 5.82 Å². The normalized spacial score (nSPS) is 16.7. The van der Waals surface area contributed by atoms with Crippen molar-refractivity contribution in [3.8, 4) is 0 Å². The van der Waals surface area contributed by atoms with Gasteiger partial charge in [0.05, 0.1) is 5.75 Å². The zero-order valence-corrected chi connectivity index (χ0v) is 15.9. The van der Waals surface area contributed by atoms with Crippen molar-refractivity contribution >= 4 is 10.0 Å². The maximum absolute atomic E-state index is 13.7. The molecule has 6 heteroatoms. The molecule has 1 fully saturated rings. The molecular formula is C20H25FN2O2S. The van der Waals surface area contributed by atoms with Crippen LogP contribution in [0.15, 0.2) is 48.5 Å². The molecule has 1 aliphatic rings. The highest BCUT2D eigenvalue weighted by Gasteiger charge is 2.27. The molecule has 0 aromatic heterocycles. The zero-order valence-electron chi connectivity index (χ0n) is 15.1. The molecule has 0 aliphatic carbocycles. The van der Waals surface area contributed by atoms with E-state index >= 15 is 0 Å². The van der Waals surface area contributed by atoms with Crippen LogP contribution in [0.4, 0.5) is 4.39 Å². The van der Waals surface area contributed by atoms with Gasteiger partial charge in [-0.15, -0.1) is 0 Å². The molecule has 2 aromatic carbocycles. The van der Waals surface area contributed by atoms with Gasteiger partial charge in [-0.3, -0.25) is 0 Å². The fourth-order valence-electron chi connectivity index (χ4n) is 3.20. The minimum absolute atomic E-state index is 0.0442. The first-order valence-electron chi connectivity index (χ1n) is 8.93. The largest absolute Gasteiger partial charge is 0.300 e. The second-order valence-electron chi connectivity index (χ2n) is 6.82. The molecule has 0 N–H and O–H groups in total. The quantitative estimate of drug-likeness (QED) is 0.778. The summed E-state index contributed by atoms with van der Waals surface area (Å²) in [5.74, 6) is -0.130. The topological polar surface area (TPSA) is 40.6 Å². The van der Waals surface area contributed by atoms with Gasteiger partial charge in [0.15, 0.2) is 0 Å². The maximum atomic E-state index is 13.7. The van der Waals surface area contributed by atoms with E-state index in [1.54, 1.807) is 16.4 Å². The van der Waals surface area contributed by atoms with Gasteiger partial charge >= 0.3 is 0 Å². The van der Waals surface area contributed by atoms with E-state index in [1.165, 1.54) is 6.07 Å². The lowest BCUT2D eigenvalue weighted by atomic mass is 10.1. The third-order valence-electron chi connectivity index (χ3n) is 4.85. The molecular weight excluding hydrogens is 351 g/mol. The second-order valence-corrected chi connectivity index (χ2v) is 8.79. The Kier molecular flexibility index (Phi) is 6.06. The number of nitrogens with zero attached hydrogens (tertiary/aromatic N) is 2. The smallest absolute Gasteiger partial charge is 0.218 e. The van der Waals surface area contributed by atoms with E-state index < -0.39 is 10.0 Å². The summed E-state index contributed by atoms with van der Waals surface area (Å²) in [5.41, 5.74) is 2.65. The average Bonchev–Trinajstić information content (AvgIpc) is 2.63. The number of benzene rings is 2. The first-order chi connectivity index (χ1) is 12.4. The molecule has 0 atom stereocenters. The fourth-order valence-corrected chi connectivity index (χ4v) is 4.71. The lowest BCUT2D eigenvalue weighted by molar-refractivity contribution is 0.189. The van der Waals surface area contributed by atoms with Crippen molar-refractivity contribution in [2.24, 2.45) is 0 Å². The summed E-state index contributed by atoms with van der Waals surface area (Å²) in [7, 11) is -3.30. The summed E-state index contributed by atoms with van der Waals surface area (Å²) in [4.78, 5) is 2.20. The summed E-state index contributed by atoms with van der Waals surface area (Å²) in [6.45, 7) is 5.08. The molecule has 1 aliphatic heterocycles. The van der Waals surface area contributed by atoms with Crippen LogP contribution in [0, 0.1) is 12.7 Å². The summed E-state index contributed by atoms with van der Waals surface area (Å²) < 4.78 is 40.5. The van der Waals surface area contributed by atoms with Crippen molar-refractivity contribution in [2.45, 2.75) is 19.1 Å². The molecule has 26 heavy (non-hydrogen) atoms. The molecule has 4 nitrogen and oxygen atoms in total. The molecule has 0 radical (unpaired) electrons. The Labute approximate surface area is 155 Å². The third-order valence-corrected chi connectivity index (χ3v) is 6.70. The number of halogens is 1. The van der Waals surface area contributed by atoms with E-state index in [-0.39, 0.29) is 11.6 Å². The van der Waals surface area contributed by atoms with Gasteiger partial charge in [-0.2, -0.15) is 4.31 Å². The molecule has 3 rings (SSSR count). The van der Waals surface area contributed by atoms with Crippen LogP contribution in [-0.4, -0.2) is 50.3 Å². The van der Waals surface area contributed by atoms with E-state index in [0.717, 1.165) is 17.7 Å². The van der Waals surface area contributed by atoms with Gasteiger partial charge in [0, 0.05) is 32.7 Å². The SMILES string of the molecule is Cc1ccc(CS(=O)(=O)N2CCN(CCc3ccccc3F)CC2)cc1. The Morgan fingerprint density at radius 1 is 0.962 bits per heavy atom. The number of hydrogen-bond acceptors (Lipinski definition) is 3. The number of rotatable bonds is 6. The minimum Gasteiger partial charge on any atom is -0.300 e. The van der Waals surface area contributed by atoms with Crippen molar-refractivity contribution in [2.75, 3.05) is 32.7 Å². The van der Waals surface area contributed by atoms with Crippen molar-refractivity contribution in [1.29, 1.82) is 0 Å². The Balaban J connectivity index is 1.51. The van der Waals surface area contributed by atoms with Crippen LogP contribution in [0.25, 0.3) is 0 Å². The highest BCUT2D eigenvalue weighted by atomic mass is 32.2. The van der Waals surface area contributed by atoms with Crippen LogP contribution in [0.1, 0.15) is 16.7 Å². The number of piperazine rings is 1. The molecule has 140 valence electrons. The van der Waals surface area contributed by atoms with Crippen LogP contribution < -0.4 is 0 Å². The number of sulfonamides is 1. The third kappa shape index (κ3) is 4.90. The zero-order chi connectivity index (χ0) is 18.6. The predicted molar refractivity (Wildman–Crippen MR) is 102 cm³/mol. The summed E-state index contributed by atoms with van der Waals surface area (Å²) in [5, 5.41) is 0. The first-order valence-corrected chi connectivity index (χ1v) is 10.5. The van der Waals surface area contributed by atoms with E-state index in [1.807, 2.05) is 37.3 Å². The monoisotopic (exact) mass is 376 g/mol. The predicted octanol–water partition coefficient (Wildman–Crippen LogP) is 2.82. The highest BCUT2D eigenvalue weighted by molar-refractivity contribution is 7.88. The van der Waals surface area contributed by atoms with E-state index in [2.05, 4.69) is 4.90 Å². The van der Waals surface area contributed by atoms with E-state index in [9.17, 15) is 12.8 Å². The van der Waals surface area contributed by atoms with Crippen LogP contribution in [-0.2, 0) is 22.2 Å². The molecule has 1 saturated heterocycles. The van der Waals surface area contributed by atoms with Gasteiger partial charge in [-0.25, -0.2) is 12.8 Å². The summed E-state index contributed by atoms with van der Waals surface area (Å²) in [6, 6.07) is 14.4. The van der Waals surface area contributed by atoms with Crippen molar-refractivity contribution in [3.05, 3.63) is 71.0 Å². The molecule has 0 spiro atoms. The standard InChI is InChI=1S/C20H25FN2O2S/c1-17-6-8-18(9-7-17)16-26(24,25)23-14-12-22(13-15-23)11-10-19-4-2-3-5-20(19)21/h2-9H,10-16H2,1H3. The molecule has 2 aromatic rings. The molecule has 0 saturated carbocycles. The van der Waals surface area contributed by atoms with Gasteiger partial charge in [-0.1, -0.05) is 48.0 Å². The average molecular weight is 376 g/mol. The van der Waals surface area contributed by atoms with E-state index in [0.29, 0.717) is 38.2 Å². The first kappa shape index (κ1) is 19.0. The summed E-state index contributed by atoms with van der Waals surface area (Å²) in [6.07, 6.45) is 0.642.